The number of benzene rings is 3. The summed E-state index contributed by atoms with van der Waals surface area (Å²) in [4.78, 5) is 28.0. The molecule has 0 saturated carbocycles. The van der Waals surface area contributed by atoms with E-state index in [1.807, 2.05) is 62.4 Å². The summed E-state index contributed by atoms with van der Waals surface area (Å²) < 4.78 is 27.8. The first kappa shape index (κ1) is 25.7. The predicted octanol–water partition coefficient (Wildman–Crippen LogP) is 4.38. The van der Waals surface area contributed by atoms with Crippen LogP contribution in [0.25, 0.3) is 10.8 Å². The van der Waals surface area contributed by atoms with E-state index >= 15 is 0 Å². The van der Waals surface area contributed by atoms with Crippen molar-refractivity contribution in [1.82, 2.24) is 10.2 Å². The number of nitrogens with zero attached hydrogens (tertiary/aromatic N) is 2. The minimum atomic E-state index is -3.67. The van der Waals surface area contributed by atoms with Crippen molar-refractivity contribution in [2.24, 2.45) is 0 Å². The van der Waals surface area contributed by atoms with E-state index in [1.54, 1.807) is 24.0 Å². The van der Waals surface area contributed by atoms with Crippen LogP contribution in [-0.2, 0) is 26.2 Å². The molecule has 4 rings (SSSR count). The van der Waals surface area contributed by atoms with E-state index in [9.17, 15) is 18.0 Å². The lowest BCUT2D eigenvalue weighted by atomic mass is 10.1. The first-order chi connectivity index (χ1) is 17.2. The van der Waals surface area contributed by atoms with Crippen molar-refractivity contribution in [3.05, 3.63) is 71.8 Å². The number of rotatable bonds is 10. The second kappa shape index (κ2) is 10.7. The van der Waals surface area contributed by atoms with Crippen molar-refractivity contribution in [2.75, 3.05) is 17.4 Å². The third kappa shape index (κ3) is 5.09. The van der Waals surface area contributed by atoms with Crippen LogP contribution in [0.5, 0.6) is 0 Å². The largest absolute Gasteiger partial charge is 0.354 e. The fourth-order valence-corrected chi connectivity index (χ4v) is 6.45. The second-order valence-corrected chi connectivity index (χ2v) is 11.1. The van der Waals surface area contributed by atoms with Crippen LogP contribution in [0.1, 0.15) is 44.2 Å². The van der Waals surface area contributed by atoms with Gasteiger partial charge in [-0.1, -0.05) is 61.0 Å². The smallest absolute Gasteiger partial charge is 0.265 e. The Kier molecular flexibility index (Phi) is 7.64. The molecule has 8 heteroatoms. The quantitative estimate of drug-likeness (QED) is 0.441. The SMILES string of the molecule is CCCNC(=O)C(C)N(Cc1cccc(C)c1)C(=O)CCCN1c2cccc3cccc(c23)S1(=O)=O. The highest BCUT2D eigenvalue weighted by molar-refractivity contribution is 7.93. The minimum Gasteiger partial charge on any atom is -0.354 e. The van der Waals surface area contributed by atoms with Crippen molar-refractivity contribution in [3.8, 4) is 0 Å². The molecule has 2 amide bonds. The third-order valence-electron chi connectivity index (χ3n) is 6.58. The van der Waals surface area contributed by atoms with Gasteiger partial charge in [-0.3, -0.25) is 13.9 Å². The third-order valence-corrected chi connectivity index (χ3v) is 8.44. The molecule has 1 atom stereocenters. The monoisotopic (exact) mass is 507 g/mol. The van der Waals surface area contributed by atoms with Crippen molar-refractivity contribution >= 4 is 38.3 Å². The maximum Gasteiger partial charge on any atom is 0.265 e. The highest BCUT2D eigenvalue weighted by atomic mass is 32.2. The standard InChI is InChI=1S/C28H33N3O4S/c1-4-16-29-28(33)21(3)30(19-22-10-5-9-20(2)18-22)26(32)15-8-17-31-24-13-6-11-23-12-7-14-25(27(23)24)36(31,34)35/h5-7,9-14,18,21H,4,8,15-17,19H2,1-3H3,(H,29,33). The van der Waals surface area contributed by atoms with Crippen molar-refractivity contribution in [1.29, 1.82) is 0 Å². The van der Waals surface area contributed by atoms with E-state index in [1.165, 1.54) is 4.31 Å². The maximum atomic E-state index is 13.4. The normalized spacial score (nSPS) is 14.6. The molecule has 1 N–H and O–H groups in total. The Labute approximate surface area is 213 Å². The van der Waals surface area contributed by atoms with Crippen molar-refractivity contribution in [2.45, 2.75) is 57.5 Å². The second-order valence-electron chi connectivity index (χ2n) is 9.29. The topological polar surface area (TPSA) is 86.8 Å². The molecular weight excluding hydrogens is 474 g/mol. The number of hydrogen-bond donors (Lipinski definition) is 1. The highest BCUT2D eigenvalue weighted by Crippen LogP contribution is 2.42. The summed E-state index contributed by atoms with van der Waals surface area (Å²) in [7, 11) is -3.67. The van der Waals surface area contributed by atoms with E-state index < -0.39 is 16.1 Å². The summed E-state index contributed by atoms with van der Waals surface area (Å²) in [5.74, 6) is -0.370. The van der Waals surface area contributed by atoms with Crippen LogP contribution < -0.4 is 9.62 Å². The molecule has 0 aliphatic carbocycles. The number of carbonyl (C=O) groups excluding carboxylic acids is 2. The van der Waals surface area contributed by atoms with E-state index in [0.29, 0.717) is 30.1 Å². The van der Waals surface area contributed by atoms with Crippen molar-refractivity contribution < 1.29 is 18.0 Å². The van der Waals surface area contributed by atoms with Gasteiger partial charge in [-0.25, -0.2) is 8.42 Å². The summed E-state index contributed by atoms with van der Waals surface area (Å²) in [6.45, 7) is 6.76. The number of hydrogen-bond acceptors (Lipinski definition) is 4. The average molecular weight is 508 g/mol. The summed E-state index contributed by atoms with van der Waals surface area (Å²) >= 11 is 0. The lowest BCUT2D eigenvalue weighted by molar-refractivity contribution is -0.140. The molecular formula is C28H33N3O4S. The van der Waals surface area contributed by atoms with Crippen LogP contribution in [0.4, 0.5) is 5.69 Å². The molecule has 0 bridgehead atoms. The number of sulfonamides is 1. The van der Waals surface area contributed by atoms with Gasteiger partial charge in [-0.2, -0.15) is 0 Å². The van der Waals surface area contributed by atoms with Gasteiger partial charge in [0.15, 0.2) is 0 Å². The molecule has 3 aromatic rings. The number of aryl methyl sites for hydroxylation is 1. The fraction of sp³-hybridized carbons (Fsp3) is 0.357. The van der Waals surface area contributed by atoms with Gasteiger partial charge in [0.2, 0.25) is 11.8 Å². The molecule has 1 heterocycles. The van der Waals surface area contributed by atoms with E-state index in [-0.39, 0.29) is 24.8 Å². The van der Waals surface area contributed by atoms with Crippen LogP contribution in [0.3, 0.4) is 0 Å². The molecule has 7 nitrogen and oxygen atoms in total. The maximum absolute atomic E-state index is 13.4. The van der Waals surface area contributed by atoms with Crippen LogP contribution in [0.15, 0.2) is 65.6 Å². The van der Waals surface area contributed by atoms with Gasteiger partial charge in [0, 0.05) is 31.4 Å². The Balaban J connectivity index is 1.49. The lowest BCUT2D eigenvalue weighted by Crippen LogP contribution is -2.47. The lowest BCUT2D eigenvalue weighted by Gasteiger charge is -2.29. The van der Waals surface area contributed by atoms with Gasteiger partial charge >= 0.3 is 0 Å². The van der Waals surface area contributed by atoms with Gasteiger partial charge in [0.05, 0.1) is 10.6 Å². The highest BCUT2D eigenvalue weighted by Gasteiger charge is 2.35. The Morgan fingerprint density at radius 2 is 1.78 bits per heavy atom. The summed E-state index contributed by atoms with van der Waals surface area (Å²) in [5, 5.41) is 4.49. The van der Waals surface area contributed by atoms with E-state index in [0.717, 1.165) is 28.3 Å². The molecule has 0 spiro atoms. The number of amides is 2. The molecule has 0 saturated heterocycles. The predicted molar refractivity (Wildman–Crippen MR) is 142 cm³/mol. The van der Waals surface area contributed by atoms with E-state index in [2.05, 4.69) is 5.32 Å². The molecule has 0 radical (unpaired) electrons. The van der Waals surface area contributed by atoms with Crippen LogP contribution in [0, 0.1) is 6.92 Å². The summed E-state index contributed by atoms with van der Waals surface area (Å²) in [6, 6.07) is 18.1. The first-order valence-electron chi connectivity index (χ1n) is 12.4. The molecule has 3 aromatic carbocycles. The Hall–Kier alpha value is -3.39. The number of anilines is 1. The summed E-state index contributed by atoms with van der Waals surface area (Å²) in [5.41, 5.74) is 2.68. The molecule has 190 valence electrons. The van der Waals surface area contributed by atoms with Gasteiger partial charge in [0.25, 0.3) is 10.0 Å². The van der Waals surface area contributed by atoms with Crippen LogP contribution in [-0.4, -0.2) is 44.3 Å². The average Bonchev–Trinajstić information content (AvgIpc) is 3.08. The molecule has 1 aliphatic heterocycles. The molecule has 0 fully saturated rings. The Bertz CT molecular complexity index is 1380. The number of nitrogens with one attached hydrogen (secondary N) is 1. The van der Waals surface area contributed by atoms with Crippen LogP contribution in [0.2, 0.25) is 0 Å². The van der Waals surface area contributed by atoms with Crippen LogP contribution >= 0.6 is 0 Å². The zero-order chi connectivity index (χ0) is 25.9. The zero-order valence-electron chi connectivity index (χ0n) is 21.0. The first-order valence-corrected chi connectivity index (χ1v) is 13.8. The number of carbonyl (C=O) groups is 2. The Morgan fingerprint density at radius 1 is 1.06 bits per heavy atom. The van der Waals surface area contributed by atoms with Gasteiger partial charge in [0.1, 0.15) is 6.04 Å². The molecule has 1 unspecified atom stereocenters. The summed E-state index contributed by atoms with van der Waals surface area (Å²) in [6.07, 6.45) is 1.29. The van der Waals surface area contributed by atoms with Gasteiger partial charge in [-0.05, 0) is 49.8 Å². The molecule has 36 heavy (non-hydrogen) atoms. The van der Waals surface area contributed by atoms with E-state index in [4.69, 9.17) is 0 Å². The van der Waals surface area contributed by atoms with Crippen molar-refractivity contribution in [3.63, 3.8) is 0 Å². The Morgan fingerprint density at radius 3 is 2.50 bits per heavy atom. The fourth-order valence-electron chi connectivity index (χ4n) is 4.70. The molecule has 1 aliphatic rings. The minimum absolute atomic E-state index is 0.134. The zero-order valence-corrected chi connectivity index (χ0v) is 21.8. The van der Waals surface area contributed by atoms with Gasteiger partial charge in [-0.15, -0.1) is 0 Å². The molecule has 0 aromatic heterocycles. The van der Waals surface area contributed by atoms with Gasteiger partial charge < -0.3 is 10.2 Å².